The lowest BCUT2D eigenvalue weighted by Crippen LogP contribution is -2.47. The third kappa shape index (κ3) is 9.40. The minimum Gasteiger partial charge on any atom is -0.391 e. The minimum atomic E-state index is -0.892. The first-order valence-electron chi connectivity index (χ1n) is 23.5. The van der Waals surface area contributed by atoms with E-state index in [0.29, 0.717) is 73.9 Å². The SMILES string of the molecule is O=C(NC(C(=O)N1CCCC1c1ncc(C#Cc2ccc3cc(-c4cnc(C5CCCN5C(=O)C(NC(=O)N5CCC(O)C5)c5ccccc5)[nH]4)ccc3c2)[nH]1)c1ccccc1)N1CCC(O)C1. The van der Waals surface area contributed by atoms with Gasteiger partial charge in [0.1, 0.15) is 29.4 Å². The maximum Gasteiger partial charge on any atom is 0.318 e. The molecule has 68 heavy (non-hydrogen) atoms. The first-order valence-corrected chi connectivity index (χ1v) is 23.5. The predicted molar refractivity (Wildman–Crippen MR) is 253 cm³/mol. The van der Waals surface area contributed by atoms with Gasteiger partial charge in [-0.25, -0.2) is 19.6 Å². The lowest BCUT2D eigenvalue weighted by atomic mass is 10.0. The number of carbonyl (C=O) groups excluding carboxylic acids is 4. The van der Waals surface area contributed by atoms with Gasteiger partial charge in [-0.05, 0) is 84.5 Å². The number of hydrogen-bond acceptors (Lipinski definition) is 8. The molecule has 6 N–H and O–H groups in total. The fourth-order valence-corrected chi connectivity index (χ4v) is 9.96. The quantitative estimate of drug-likeness (QED) is 0.0990. The second-order valence-corrected chi connectivity index (χ2v) is 18.1. The number of benzene rings is 4. The molecule has 0 radical (unpaired) electrons. The first-order chi connectivity index (χ1) is 33.1. The lowest BCUT2D eigenvalue weighted by molar-refractivity contribution is -0.135. The fourth-order valence-electron chi connectivity index (χ4n) is 9.96. The molecule has 10 rings (SSSR count). The van der Waals surface area contributed by atoms with Crippen LogP contribution in [0.15, 0.2) is 109 Å². The molecule has 4 aromatic carbocycles. The van der Waals surface area contributed by atoms with Crippen LogP contribution in [0.1, 0.15) is 96.7 Å². The average molecular weight is 915 g/mol. The van der Waals surface area contributed by atoms with E-state index in [0.717, 1.165) is 46.9 Å². The van der Waals surface area contributed by atoms with Crippen LogP contribution in [0, 0.1) is 11.8 Å². The Bertz CT molecular complexity index is 2870. The molecule has 4 aliphatic heterocycles. The summed E-state index contributed by atoms with van der Waals surface area (Å²) in [5.41, 5.74) is 4.59. The number of H-pyrrole nitrogens is 2. The number of imidazole rings is 2. The Morgan fingerprint density at radius 3 is 1.69 bits per heavy atom. The van der Waals surface area contributed by atoms with E-state index >= 15 is 0 Å². The second kappa shape index (κ2) is 19.4. The Morgan fingerprint density at radius 1 is 0.603 bits per heavy atom. The molecule has 4 aliphatic rings. The number of nitrogens with zero attached hydrogens (tertiary/aromatic N) is 6. The largest absolute Gasteiger partial charge is 0.391 e. The molecule has 4 saturated heterocycles. The van der Waals surface area contributed by atoms with E-state index in [-0.39, 0.29) is 49.0 Å². The first kappa shape index (κ1) is 44.4. The Balaban J connectivity index is 0.804. The van der Waals surface area contributed by atoms with Gasteiger partial charge in [-0.2, -0.15) is 0 Å². The van der Waals surface area contributed by atoms with Crippen LogP contribution >= 0.6 is 0 Å². The maximum absolute atomic E-state index is 14.3. The summed E-state index contributed by atoms with van der Waals surface area (Å²) in [5.74, 6) is 7.39. The zero-order valence-electron chi connectivity index (χ0n) is 37.6. The average Bonchev–Trinajstić information content (AvgIpc) is 4.23. The molecule has 0 aliphatic carbocycles. The van der Waals surface area contributed by atoms with Crippen molar-refractivity contribution >= 4 is 34.6 Å². The molecule has 16 nitrogen and oxygen atoms in total. The van der Waals surface area contributed by atoms with Crippen LogP contribution in [0.5, 0.6) is 0 Å². The third-order valence-corrected chi connectivity index (χ3v) is 13.6. The number of fused-ring (bicyclic) bond motifs is 1. The van der Waals surface area contributed by atoms with Gasteiger partial charge >= 0.3 is 12.1 Å². The van der Waals surface area contributed by atoms with Crippen molar-refractivity contribution in [2.75, 3.05) is 39.3 Å². The number of aliphatic hydroxyl groups excluding tert-OH is 2. The number of nitrogens with one attached hydrogen (secondary N) is 4. The van der Waals surface area contributed by atoms with Crippen molar-refractivity contribution in [1.82, 2.24) is 50.2 Å². The van der Waals surface area contributed by atoms with Gasteiger partial charge < -0.3 is 50.4 Å². The predicted octanol–water partition coefficient (Wildman–Crippen LogP) is 5.71. The highest BCUT2D eigenvalue weighted by Gasteiger charge is 2.40. The molecule has 4 fully saturated rings. The highest BCUT2D eigenvalue weighted by Crippen LogP contribution is 2.36. The van der Waals surface area contributed by atoms with E-state index in [2.05, 4.69) is 43.5 Å². The van der Waals surface area contributed by atoms with Crippen LogP contribution in [0.2, 0.25) is 0 Å². The number of carbonyl (C=O) groups is 4. The van der Waals surface area contributed by atoms with Crippen molar-refractivity contribution in [2.24, 2.45) is 0 Å². The van der Waals surface area contributed by atoms with Crippen LogP contribution < -0.4 is 10.6 Å². The Kier molecular flexibility index (Phi) is 12.7. The molecule has 6 atom stereocenters. The zero-order valence-corrected chi connectivity index (χ0v) is 37.6. The number of rotatable bonds is 9. The van der Waals surface area contributed by atoms with Crippen molar-refractivity contribution in [2.45, 2.75) is 74.9 Å². The standard InChI is InChI=1S/C52H54N10O6/c63-40-21-25-59(31-40)51(67)57-45(34-9-3-1-4-10-34)49(65)61-23-7-13-43(61)47-53-29-39(55-47)20-16-33-15-17-37-28-38(19-18-36(37)27-33)42-30-54-48(56-42)44-14-8-24-62(44)50(66)46(35-11-5-2-6-12-35)58-52(68)60-26-22-41(64)32-60/h1-6,9-12,15,17-19,27-30,40-41,43-46,63-64H,7-8,13-14,21-26,31-32H2,(H,53,55)(H,54,56)(H,57,67)(H,58,68). The van der Waals surface area contributed by atoms with Crippen molar-refractivity contribution in [1.29, 1.82) is 0 Å². The molecule has 16 heteroatoms. The summed E-state index contributed by atoms with van der Waals surface area (Å²) >= 11 is 0. The van der Waals surface area contributed by atoms with Crippen molar-refractivity contribution in [3.63, 3.8) is 0 Å². The van der Waals surface area contributed by atoms with E-state index in [1.807, 2.05) is 95.9 Å². The zero-order chi connectivity index (χ0) is 46.7. The molecular formula is C52H54N10O6. The molecule has 6 unspecified atom stereocenters. The summed E-state index contributed by atoms with van der Waals surface area (Å²) in [6.07, 6.45) is 6.41. The molecule has 0 bridgehead atoms. The summed E-state index contributed by atoms with van der Waals surface area (Å²) in [5, 5.41) is 28.0. The normalized spacial score (nSPS) is 21.1. The van der Waals surface area contributed by atoms with Crippen molar-refractivity contribution < 1.29 is 29.4 Å². The van der Waals surface area contributed by atoms with Crippen LogP contribution in [-0.4, -0.2) is 125 Å². The number of aliphatic hydroxyl groups is 2. The molecule has 6 amide bonds. The fraction of sp³-hybridized carbons (Fsp3) is 0.346. The molecule has 348 valence electrons. The smallest absolute Gasteiger partial charge is 0.318 e. The molecule has 0 spiro atoms. The van der Waals surface area contributed by atoms with E-state index < -0.39 is 24.3 Å². The molecule has 2 aromatic heterocycles. The van der Waals surface area contributed by atoms with E-state index in [1.54, 1.807) is 27.1 Å². The molecule has 6 aromatic rings. The van der Waals surface area contributed by atoms with Gasteiger partial charge in [-0.1, -0.05) is 84.8 Å². The van der Waals surface area contributed by atoms with E-state index in [9.17, 15) is 29.4 Å². The number of aromatic amines is 2. The molecule has 6 heterocycles. The van der Waals surface area contributed by atoms with Gasteiger partial charge in [-0.15, -0.1) is 0 Å². The number of amides is 6. The van der Waals surface area contributed by atoms with E-state index in [1.165, 1.54) is 0 Å². The number of urea groups is 2. The van der Waals surface area contributed by atoms with Crippen LogP contribution in [-0.2, 0) is 9.59 Å². The van der Waals surface area contributed by atoms with Gasteiger partial charge in [0.25, 0.3) is 0 Å². The monoisotopic (exact) mass is 914 g/mol. The number of aromatic nitrogens is 4. The molecule has 0 saturated carbocycles. The van der Waals surface area contributed by atoms with Crippen LogP contribution in [0.25, 0.3) is 22.0 Å². The number of hydrogen-bond donors (Lipinski definition) is 6. The van der Waals surface area contributed by atoms with Crippen LogP contribution in [0.4, 0.5) is 9.59 Å². The topological polar surface area (TPSA) is 203 Å². The minimum absolute atomic E-state index is 0.202. The van der Waals surface area contributed by atoms with Gasteiger partial charge in [0, 0.05) is 50.4 Å². The Hall–Kier alpha value is -7.48. The van der Waals surface area contributed by atoms with Crippen molar-refractivity contribution in [3.8, 4) is 23.1 Å². The van der Waals surface area contributed by atoms with Gasteiger partial charge in [0.15, 0.2) is 0 Å². The van der Waals surface area contributed by atoms with Crippen molar-refractivity contribution in [3.05, 3.63) is 143 Å². The summed E-state index contributed by atoms with van der Waals surface area (Å²) < 4.78 is 0. The van der Waals surface area contributed by atoms with Crippen LogP contribution in [0.3, 0.4) is 0 Å². The Morgan fingerprint density at radius 2 is 1.13 bits per heavy atom. The number of β-amino-alcohol motifs (C(OH)–C–C–N with tert-alkyl or cyclic N) is 2. The lowest BCUT2D eigenvalue weighted by Gasteiger charge is -2.30. The Labute approximate surface area is 393 Å². The van der Waals surface area contributed by atoms with Gasteiger partial charge in [0.05, 0.1) is 42.4 Å². The second-order valence-electron chi connectivity index (χ2n) is 18.1. The van der Waals surface area contributed by atoms with E-state index in [4.69, 9.17) is 4.98 Å². The highest BCUT2D eigenvalue weighted by molar-refractivity contribution is 5.90. The number of likely N-dealkylation sites (tertiary alicyclic amines) is 4. The highest BCUT2D eigenvalue weighted by atomic mass is 16.3. The summed E-state index contributed by atoms with van der Waals surface area (Å²) in [6.45, 7) is 2.40. The van der Waals surface area contributed by atoms with Gasteiger partial charge in [-0.3, -0.25) is 9.59 Å². The summed E-state index contributed by atoms with van der Waals surface area (Å²) in [6, 6.07) is 27.6. The molecular weight excluding hydrogens is 861 g/mol. The summed E-state index contributed by atoms with van der Waals surface area (Å²) in [4.78, 5) is 78.0. The summed E-state index contributed by atoms with van der Waals surface area (Å²) in [7, 11) is 0. The third-order valence-electron chi connectivity index (χ3n) is 13.6. The maximum atomic E-state index is 14.3. The van der Waals surface area contributed by atoms with Gasteiger partial charge in [0.2, 0.25) is 11.8 Å².